The van der Waals surface area contributed by atoms with Crippen molar-refractivity contribution in [2.24, 2.45) is 5.73 Å². The van der Waals surface area contributed by atoms with Gasteiger partial charge in [-0.2, -0.15) is 0 Å². The minimum atomic E-state index is -0.571. The molecular weight excluding hydrogens is 264 g/mol. The highest BCUT2D eigenvalue weighted by Gasteiger charge is 2.12. The fourth-order valence-corrected chi connectivity index (χ4v) is 1.77. The molecular formula is C14H13ClN2O2. The van der Waals surface area contributed by atoms with E-state index in [1.807, 2.05) is 12.1 Å². The van der Waals surface area contributed by atoms with Gasteiger partial charge in [0.25, 0.3) is 5.91 Å². The molecule has 0 fully saturated rings. The number of primary amides is 1. The van der Waals surface area contributed by atoms with Crippen LogP contribution in [0.5, 0.6) is 5.75 Å². The topological polar surface area (TPSA) is 78.3 Å². The number of benzene rings is 2. The van der Waals surface area contributed by atoms with E-state index in [4.69, 9.17) is 27.8 Å². The van der Waals surface area contributed by atoms with E-state index in [9.17, 15) is 4.79 Å². The number of hydrogen-bond acceptors (Lipinski definition) is 3. The van der Waals surface area contributed by atoms with Crippen LogP contribution in [0, 0.1) is 0 Å². The maximum Gasteiger partial charge on any atom is 0.252 e. The third-order valence-corrected chi connectivity index (χ3v) is 2.86. The van der Waals surface area contributed by atoms with Crippen molar-refractivity contribution in [3.05, 3.63) is 58.6 Å². The van der Waals surface area contributed by atoms with E-state index in [0.29, 0.717) is 16.5 Å². The average molecular weight is 277 g/mol. The zero-order valence-electron chi connectivity index (χ0n) is 10.1. The monoisotopic (exact) mass is 276 g/mol. The summed E-state index contributed by atoms with van der Waals surface area (Å²) in [5.41, 5.74) is 12.6. The van der Waals surface area contributed by atoms with E-state index in [1.165, 1.54) is 0 Å². The first kappa shape index (κ1) is 13.2. The van der Waals surface area contributed by atoms with Gasteiger partial charge in [-0.25, -0.2) is 0 Å². The van der Waals surface area contributed by atoms with E-state index < -0.39 is 5.91 Å². The fraction of sp³-hybridized carbons (Fsp3) is 0.0714. The molecule has 19 heavy (non-hydrogen) atoms. The van der Waals surface area contributed by atoms with Gasteiger partial charge in [-0.15, -0.1) is 0 Å². The number of anilines is 1. The van der Waals surface area contributed by atoms with Crippen LogP contribution < -0.4 is 16.2 Å². The third kappa shape index (κ3) is 3.17. The molecule has 2 aromatic carbocycles. The minimum absolute atomic E-state index is 0.272. The molecule has 5 heteroatoms. The van der Waals surface area contributed by atoms with Gasteiger partial charge in [-0.3, -0.25) is 4.79 Å². The molecule has 0 saturated carbocycles. The molecule has 0 aromatic heterocycles. The predicted molar refractivity (Wildman–Crippen MR) is 75.2 cm³/mol. The van der Waals surface area contributed by atoms with Crippen LogP contribution in [-0.2, 0) is 6.61 Å². The molecule has 0 aliphatic rings. The van der Waals surface area contributed by atoms with Crippen molar-refractivity contribution in [1.82, 2.24) is 0 Å². The second-order valence-corrected chi connectivity index (χ2v) is 4.44. The molecule has 0 unspecified atom stereocenters. The van der Waals surface area contributed by atoms with Gasteiger partial charge in [0.2, 0.25) is 0 Å². The summed E-state index contributed by atoms with van der Waals surface area (Å²) in [6.07, 6.45) is 0. The highest BCUT2D eigenvalue weighted by molar-refractivity contribution is 6.30. The molecule has 4 N–H and O–H groups in total. The van der Waals surface area contributed by atoms with E-state index in [-0.39, 0.29) is 12.2 Å². The zero-order valence-corrected chi connectivity index (χ0v) is 10.9. The summed E-state index contributed by atoms with van der Waals surface area (Å²) < 4.78 is 5.59. The molecule has 2 rings (SSSR count). The molecule has 0 saturated heterocycles. The average Bonchev–Trinajstić information content (AvgIpc) is 2.39. The van der Waals surface area contributed by atoms with E-state index in [0.717, 1.165) is 5.56 Å². The van der Waals surface area contributed by atoms with Gasteiger partial charge in [-0.1, -0.05) is 29.8 Å². The standard InChI is InChI=1S/C14H13ClN2O2/c15-10-6-4-9(5-7-10)8-19-13-11(14(17)18)2-1-3-12(13)16/h1-7H,8,16H2,(H2,17,18). The Bertz CT molecular complexity index is 597. The molecule has 0 spiro atoms. The van der Waals surface area contributed by atoms with Crippen LogP contribution >= 0.6 is 11.6 Å². The third-order valence-electron chi connectivity index (χ3n) is 2.61. The Hall–Kier alpha value is -2.20. The summed E-state index contributed by atoms with van der Waals surface area (Å²) in [4.78, 5) is 11.3. The van der Waals surface area contributed by atoms with Crippen molar-refractivity contribution < 1.29 is 9.53 Å². The van der Waals surface area contributed by atoms with E-state index >= 15 is 0 Å². The van der Waals surface area contributed by atoms with Crippen LogP contribution in [0.25, 0.3) is 0 Å². The second kappa shape index (κ2) is 5.63. The highest BCUT2D eigenvalue weighted by Crippen LogP contribution is 2.27. The van der Waals surface area contributed by atoms with Crippen LogP contribution in [0.3, 0.4) is 0 Å². The molecule has 4 nitrogen and oxygen atoms in total. The second-order valence-electron chi connectivity index (χ2n) is 4.00. The Kier molecular flexibility index (Phi) is 3.92. The number of amides is 1. The Morgan fingerprint density at radius 2 is 1.84 bits per heavy atom. The van der Waals surface area contributed by atoms with Gasteiger partial charge in [0.15, 0.2) is 5.75 Å². The Morgan fingerprint density at radius 3 is 2.47 bits per heavy atom. The predicted octanol–water partition coefficient (Wildman–Crippen LogP) is 2.60. The zero-order chi connectivity index (χ0) is 13.8. The van der Waals surface area contributed by atoms with Gasteiger partial charge in [0.1, 0.15) is 6.61 Å². The maximum atomic E-state index is 11.3. The van der Waals surface area contributed by atoms with Crippen molar-refractivity contribution in [2.45, 2.75) is 6.61 Å². The van der Waals surface area contributed by atoms with Gasteiger partial charge < -0.3 is 16.2 Å². The minimum Gasteiger partial charge on any atom is -0.486 e. The molecule has 0 atom stereocenters. The largest absolute Gasteiger partial charge is 0.486 e. The first-order valence-electron chi connectivity index (χ1n) is 5.63. The lowest BCUT2D eigenvalue weighted by Gasteiger charge is -2.12. The fourth-order valence-electron chi connectivity index (χ4n) is 1.65. The van der Waals surface area contributed by atoms with Gasteiger partial charge in [0.05, 0.1) is 11.3 Å². The number of nitrogen functional groups attached to an aromatic ring is 1. The first-order valence-corrected chi connectivity index (χ1v) is 6.01. The summed E-state index contributed by atoms with van der Waals surface area (Å²) in [5.74, 6) is -0.261. The van der Waals surface area contributed by atoms with Crippen molar-refractivity contribution in [2.75, 3.05) is 5.73 Å². The summed E-state index contributed by atoms with van der Waals surface area (Å²) in [5, 5.41) is 0.654. The Balaban J connectivity index is 2.19. The van der Waals surface area contributed by atoms with Crippen LogP contribution in [0.15, 0.2) is 42.5 Å². The number of rotatable bonds is 4. The molecule has 98 valence electrons. The van der Waals surface area contributed by atoms with E-state index in [2.05, 4.69) is 0 Å². The summed E-state index contributed by atoms with van der Waals surface area (Å²) >= 11 is 5.80. The Labute approximate surface area is 115 Å². The first-order chi connectivity index (χ1) is 9.08. The lowest BCUT2D eigenvalue weighted by Crippen LogP contribution is -2.14. The number of halogens is 1. The molecule has 0 heterocycles. The number of hydrogen-bond donors (Lipinski definition) is 2. The van der Waals surface area contributed by atoms with Crippen LogP contribution in [0.2, 0.25) is 5.02 Å². The van der Waals surface area contributed by atoms with Crippen LogP contribution in [-0.4, -0.2) is 5.91 Å². The van der Waals surface area contributed by atoms with Gasteiger partial charge in [-0.05, 0) is 29.8 Å². The Morgan fingerprint density at radius 1 is 1.16 bits per heavy atom. The lowest BCUT2D eigenvalue weighted by molar-refractivity contribution is 0.0996. The molecule has 0 aliphatic heterocycles. The molecule has 0 radical (unpaired) electrons. The normalized spacial score (nSPS) is 10.2. The SMILES string of the molecule is NC(=O)c1cccc(N)c1OCc1ccc(Cl)cc1. The van der Waals surface area contributed by atoms with Crippen molar-refractivity contribution in [3.8, 4) is 5.75 Å². The number of ether oxygens (including phenoxy) is 1. The smallest absolute Gasteiger partial charge is 0.252 e. The van der Waals surface area contributed by atoms with Gasteiger partial charge >= 0.3 is 0 Å². The number of carbonyl (C=O) groups excluding carboxylic acids is 1. The van der Waals surface area contributed by atoms with Gasteiger partial charge in [0, 0.05) is 5.02 Å². The number of carbonyl (C=O) groups is 1. The van der Waals surface area contributed by atoms with Crippen LogP contribution in [0.1, 0.15) is 15.9 Å². The number of para-hydroxylation sites is 1. The molecule has 2 aromatic rings. The van der Waals surface area contributed by atoms with Crippen LogP contribution in [0.4, 0.5) is 5.69 Å². The number of nitrogens with two attached hydrogens (primary N) is 2. The van der Waals surface area contributed by atoms with Crippen molar-refractivity contribution in [3.63, 3.8) is 0 Å². The highest BCUT2D eigenvalue weighted by atomic mass is 35.5. The lowest BCUT2D eigenvalue weighted by atomic mass is 10.1. The molecule has 1 amide bonds. The quantitative estimate of drug-likeness (QED) is 0.843. The maximum absolute atomic E-state index is 11.3. The van der Waals surface area contributed by atoms with Crippen molar-refractivity contribution in [1.29, 1.82) is 0 Å². The summed E-state index contributed by atoms with van der Waals surface area (Å²) in [7, 11) is 0. The molecule has 0 bridgehead atoms. The van der Waals surface area contributed by atoms with E-state index in [1.54, 1.807) is 30.3 Å². The summed E-state index contributed by atoms with van der Waals surface area (Å²) in [6.45, 7) is 0.283. The summed E-state index contributed by atoms with van der Waals surface area (Å²) in [6, 6.07) is 12.1. The van der Waals surface area contributed by atoms with Crippen molar-refractivity contribution >= 4 is 23.2 Å². The molecule has 0 aliphatic carbocycles.